The minimum absolute atomic E-state index is 0.0446. The van der Waals surface area contributed by atoms with Crippen LogP contribution in [0.15, 0.2) is 24.3 Å². The lowest BCUT2D eigenvalue weighted by Crippen LogP contribution is -2.21. The summed E-state index contributed by atoms with van der Waals surface area (Å²) in [6, 6.07) is 6.10. The quantitative estimate of drug-likeness (QED) is 0.802. The zero-order chi connectivity index (χ0) is 14.3. The van der Waals surface area contributed by atoms with E-state index in [4.69, 9.17) is 5.73 Å². The Morgan fingerprint density at radius 2 is 2.11 bits per heavy atom. The molecule has 6 heteroatoms. The number of amides is 1. The average molecular weight is 272 g/mol. The first-order chi connectivity index (χ1) is 9.04. The third-order valence-electron chi connectivity index (χ3n) is 2.65. The molecule has 1 aromatic carbocycles. The Balaban J connectivity index is 2.68. The number of halogens is 2. The molecule has 0 aliphatic rings. The van der Waals surface area contributed by atoms with E-state index in [0.717, 1.165) is 6.42 Å². The molecule has 3 N–H and O–H groups in total. The number of alkyl halides is 2. The van der Waals surface area contributed by atoms with E-state index in [1.807, 2.05) is 0 Å². The summed E-state index contributed by atoms with van der Waals surface area (Å²) < 4.78 is 28.8. The zero-order valence-electron chi connectivity index (χ0n) is 10.7. The van der Waals surface area contributed by atoms with Gasteiger partial charge < -0.3 is 15.8 Å². The molecule has 4 nitrogen and oxygen atoms in total. The van der Waals surface area contributed by atoms with Crippen LogP contribution in [0, 0.1) is 5.92 Å². The monoisotopic (exact) mass is 272 g/mol. The van der Waals surface area contributed by atoms with Crippen molar-refractivity contribution in [3.8, 4) is 5.75 Å². The summed E-state index contributed by atoms with van der Waals surface area (Å²) in [6.45, 7) is -0.641. The molecule has 1 aromatic rings. The molecule has 0 saturated carbocycles. The number of nitrogens with one attached hydrogen (secondary N) is 1. The maximum Gasteiger partial charge on any atom is 0.387 e. The first-order valence-electron chi connectivity index (χ1n) is 6.09. The summed E-state index contributed by atoms with van der Waals surface area (Å²) in [5.74, 6) is -0.515. The van der Waals surface area contributed by atoms with Crippen LogP contribution < -0.4 is 15.8 Å². The molecule has 0 aliphatic carbocycles. The smallest absolute Gasteiger partial charge is 0.387 e. The molecule has 0 heterocycles. The number of carbonyl (C=O) groups excluding carboxylic acids is 1. The Hall–Kier alpha value is -1.69. The first-order valence-corrected chi connectivity index (χ1v) is 6.09. The van der Waals surface area contributed by atoms with Crippen LogP contribution in [0.3, 0.4) is 0 Å². The van der Waals surface area contributed by atoms with Crippen LogP contribution in [0.4, 0.5) is 14.5 Å². The van der Waals surface area contributed by atoms with Gasteiger partial charge in [-0.3, -0.25) is 4.79 Å². The Kier molecular flexibility index (Phi) is 6.21. The van der Waals surface area contributed by atoms with E-state index in [9.17, 15) is 13.6 Å². The number of hydrogen-bond acceptors (Lipinski definition) is 3. The second-order valence-corrected chi connectivity index (χ2v) is 4.20. The van der Waals surface area contributed by atoms with E-state index in [-0.39, 0.29) is 23.3 Å². The van der Waals surface area contributed by atoms with Gasteiger partial charge in [0.2, 0.25) is 5.91 Å². The number of ether oxygens (including phenoxy) is 1. The van der Waals surface area contributed by atoms with E-state index >= 15 is 0 Å². The van der Waals surface area contributed by atoms with E-state index in [1.54, 1.807) is 19.1 Å². The van der Waals surface area contributed by atoms with Crippen molar-refractivity contribution < 1.29 is 18.3 Å². The fourth-order valence-electron chi connectivity index (χ4n) is 1.58. The summed E-state index contributed by atoms with van der Waals surface area (Å²) in [6.07, 6.45) is 1.39. The summed E-state index contributed by atoms with van der Waals surface area (Å²) in [4.78, 5) is 11.9. The first kappa shape index (κ1) is 15.4. The van der Waals surface area contributed by atoms with Gasteiger partial charge in [0.25, 0.3) is 0 Å². The lowest BCUT2D eigenvalue weighted by molar-refractivity contribution is -0.119. The molecular weight excluding hydrogens is 254 g/mol. The average Bonchev–Trinajstić information content (AvgIpc) is 2.37. The van der Waals surface area contributed by atoms with Gasteiger partial charge in [0.15, 0.2) is 0 Å². The minimum atomic E-state index is -2.92. The molecule has 1 amide bonds. The van der Waals surface area contributed by atoms with Crippen LogP contribution in [-0.4, -0.2) is 19.1 Å². The highest BCUT2D eigenvalue weighted by molar-refractivity contribution is 5.93. The molecular formula is C13H18F2N2O2. The Labute approximate surface area is 110 Å². The number of anilines is 1. The fourth-order valence-corrected chi connectivity index (χ4v) is 1.58. The molecule has 0 bridgehead atoms. The number of nitrogens with two attached hydrogens (primary N) is 1. The van der Waals surface area contributed by atoms with Gasteiger partial charge in [-0.05, 0) is 31.5 Å². The standard InChI is InChI=1S/C13H18F2N2O2/c1-9(5-4-8-16)12(18)17-10-6-2-3-7-11(10)19-13(14)15/h2-3,6-7,9,13H,4-5,8,16H2,1H3,(H,17,18). The Morgan fingerprint density at radius 3 is 2.74 bits per heavy atom. The number of carbonyl (C=O) groups is 1. The van der Waals surface area contributed by atoms with Gasteiger partial charge in [-0.15, -0.1) is 0 Å². The summed E-state index contributed by atoms with van der Waals surface area (Å²) in [5.41, 5.74) is 5.62. The Morgan fingerprint density at radius 1 is 1.42 bits per heavy atom. The number of rotatable bonds is 7. The SMILES string of the molecule is CC(CCCN)C(=O)Nc1ccccc1OC(F)F. The van der Waals surface area contributed by atoms with Crippen molar-refractivity contribution in [3.05, 3.63) is 24.3 Å². The lowest BCUT2D eigenvalue weighted by atomic mass is 10.0. The molecule has 106 valence electrons. The van der Waals surface area contributed by atoms with Gasteiger partial charge in [0.1, 0.15) is 5.75 Å². The van der Waals surface area contributed by atoms with E-state index in [0.29, 0.717) is 13.0 Å². The predicted octanol–water partition coefficient (Wildman–Crippen LogP) is 2.60. The van der Waals surface area contributed by atoms with Crippen molar-refractivity contribution in [3.63, 3.8) is 0 Å². The third kappa shape index (κ3) is 5.21. The van der Waals surface area contributed by atoms with Crippen molar-refractivity contribution in [2.45, 2.75) is 26.4 Å². The minimum Gasteiger partial charge on any atom is -0.433 e. The molecule has 0 radical (unpaired) electrons. The molecule has 19 heavy (non-hydrogen) atoms. The largest absolute Gasteiger partial charge is 0.433 e. The molecule has 0 aliphatic heterocycles. The summed E-state index contributed by atoms with van der Waals surface area (Å²) in [5, 5.41) is 2.59. The number of benzene rings is 1. The van der Waals surface area contributed by atoms with E-state index < -0.39 is 6.61 Å². The van der Waals surface area contributed by atoms with Gasteiger partial charge in [0.05, 0.1) is 5.69 Å². The maximum absolute atomic E-state index is 12.2. The van der Waals surface area contributed by atoms with Crippen molar-refractivity contribution in [1.82, 2.24) is 0 Å². The van der Waals surface area contributed by atoms with Crippen LogP contribution in [0.1, 0.15) is 19.8 Å². The van der Waals surface area contributed by atoms with Crippen molar-refractivity contribution in [2.75, 3.05) is 11.9 Å². The van der Waals surface area contributed by atoms with Crippen LogP contribution in [0.5, 0.6) is 5.75 Å². The summed E-state index contributed by atoms with van der Waals surface area (Å²) >= 11 is 0. The van der Waals surface area contributed by atoms with Gasteiger partial charge in [-0.2, -0.15) is 8.78 Å². The molecule has 0 spiro atoms. The van der Waals surface area contributed by atoms with Gasteiger partial charge in [-0.25, -0.2) is 0 Å². The molecule has 0 fully saturated rings. The van der Waals surface area contributed by atoms with Crippen LogP contribution in [0.25, 0.3) is 0 Å². The highest BCUT2D eigenvalue weighted by Gasteiger charge is 2.15. The van der Waals surface area contributed by atoms with Crippen LogP contribution in [0.2, 0.25) is 0 Å². The number of hydrogen-bond donors (Lipinski definition) is 2. The molecule has 1 rings (SSSR count). The molecule has 1 unspecified atom stereocenters. The second kappa shape index (κ2) is 7.68. The topological polar surface area (TPSA) is 64.4 Å². The highest BCUT2D eigenvalue weighted by Crippen LogP contribution is 2.26. The van der Waals surface area contributed by atoms with Gasteiger partial charge in [0, 0.05) is 5.92 Å². The van der Waals surface area contributed by atoms with Crippen LogP contribution in [-0.2, 0) is 4.79 Å². The zero-order valence-corrected chi connectivity index (χ0v) is 10.7. The fraction of sp³-hybridized carbons (Fsp3) is 0.462. The van der Waals surface area contributed by atoms with Crippen molar-refractivity contribution in [1.29, 1.82) is 0 Å². The predicted molar refractivity (Wildman–Crippen MR) is 69.2 cm³/mol. The van der Waals surface area contributed by atoms with Gasteiger partial charge in [-0.1, -0.05) is 19.1 Å². The molecule has 1 atom stereocenters. The maximum atomic E-state index is 12.2. The highest BCUT2D eigenvalue weighted by atomic mass is 19.3. The Bertz CT molecular complexity index is 413. The van der Waals surface area contributed by atoms with E-state index in [1.165, 1.54) is 12.1 Å². The lowest BCUT2D eigenvalue weighted by Gasteiger charge is -2.14. The van der Waals surface area contributed by atoms with Crippen molar-refractivity contribution >= 4 is 11.6 Å². The van der Waals surface area contributed by atoms with Gasteiger partial charge >= 0.3 is 6.61 Å². The second-order valence-electron chi connectivity index (χ2n) is 4.20. The summed E-state index contributed by atoms with van der Waals surface area (Å²) in [7, 11) is 0. The normalized spacial score (nSPS) is 12.3. The van der Waals surface area contributed by atoms with Crippen molar-refractivity contribution in [2.24, 2.45) is 11.7 Å². The third-order valence-corrected chi connectivity index (χ3v) is 2.65. The number of para-hydroxylation sites is 2. The molecule has 0 saturated heterocycles. The van der Waals surface area contributed by atoms with E-state index in [2.05, 4.69) is 10.1 Å². The van der Waals surface area contributed by atoms with Crippen LogP contribution >= 0.6 is 0 Å². The molecule has 0 aromatic heterocycles.